The molecule has 1 amide bonds. The molecule has 1 fully saturated rings. The molecule has 2 rings (SSSR count). The summed E-state index contributed by atoms with van der Waals surface area (Å²) < 4.78 is 5.13. The number of piperidine rings is 1. The molecule has 1 aliphatic rings. The number of rotatable bonds is 5. The van der Waals surface area contributed by atoms with E-state index in [0.29, 0.717) is 37.6 Å². The van der Waals surface area contributed by atoms with E-state index in [1.165, 1.54) is 0 Å². The van der Waals surface area contributed by atoms with Crippen molar-refractivity contribution < 1.29 is 14.3 Å². The molecule has 0 aliphatic carbocycles. The monoisotopic (exact) mass is 290 g/mol. The van der Waals surface area contributed by atoms with Gasteiger partial charge in [-0.3, -0.25) is 14.5 Å². The molecule has 1 unspecified atom stereocenters. The lowest BCUT2D eigenvalue weighted by molar-refractivity contribution is -0.128. The number of hydrogen-bond acceptors (Lipinski definition) is 4. The normalized spacial score (nSPS) is 19.3. The van der Waals surface area contributed by atoms with Gasteiger partial charge in [0, 0.05) is 37.2 Å². The number of Topliss-reactive ketones (excluding diaryl/α,β-unsaturated/α-hetero) is 1. The van der Waals surface area contributed by atoms with E-state index in [4.69, 9.17) is 4.74 Å². The molecule has 114 valence electrons. The third-order valence-corrected chi connectivity index (χ3v) is 3.82. The first-order valence-electron chi connectivity index (χ1n) is 7.31. The average molecular weight is 290 g/mol. The van der Waals surface area contributed by atoms with Crippen LogP contribution in [-0.2, 0) is 9.59 Å². The highest BCUT2D eigenvalue weighted by Crippen LogP contribution is 2.18. The van der Waals surface area contributed by atoms with Crippen molar-refractivity contribution in [3.63, 3.8) is 0 Å². The smallest absolute Gasteiger partial charge is 0.238 e. The Labute approximate surface area is 125 Å². The maximum Gasteiger partial charge on any atom is 0.238 e. The van der Waals surface area contributed by atoms with E-state index in [1.807, 2.05) is 30.0 Å². The van der Waals surface area contributed by atoms with E-state index in [2.05, 4.69) is 5.32 Å². The van der Waals surface area contributed by atoms with Gasteiger partial charge in [0.2, 0.25) is 5.91 Å². The van der Waals surface area contributed by atoms with Crippen molar-refractivity contribution in [1.29, 1.82) is 0 Å². The molecule has 1 aliphatic heterocycles. The zero-order valence-corrected chi connectivity index (χ0v) is 12.6. The molecule has 0 spiro atoms. The summed E-state index contributed by atoms with van der Waals surface area (Å²) in [5.74, 6) is 1.04. The summed E-state index contributed by atoms with van der Waals surface area (Å²) in [6.07, 6.45) is 1.39. The Hall–Kier alpha value is -1.88. The minimum atomic E-state index is -0.0625. The molecular weight excluding hydrogens is 268 g/mol. The highest BCUT2D eigenvalue weighted by Gasteiger charge is 2.26. The Morgan fingerprint density at radius 1 is 1.48 bits per heavy atom. The van der Waals surface area contributed by atoms with Gasteiger partial charge in [-0.15, -0.1) is 0 Å². The summed E-state index contributed by atoms with van der Waals surface area (Å²) in [4.78, 5) is 25.8. The molecule has 0 saturated carbocycles. The van der Waals surface area contributed by atoms with E-state index in [0.717, 1.165) is 12.1 Å². The van der Waals surface area contributed by atoms with Gasteiger partial charge in [0.1, 0.15) is 11.5 Å². The molecule has 0 aromatic heterocycles. The second-order valence-corrected chi connectivity index (χ2v) is 5.34. The van der Waals surface area contributed by atoms with Gasteiger partial charge in [0.25, 0.3) is 0 Å². The van der Waals surface area contributed by atoms with Crippen LogP contribution in [0.1, 0.15) is 19.8 Å². The number of methoxy groups -OCH3 is 1. The van der Waals surface area contributed by atoms with Gasteiger partial charge >= 0.3 is 0 Å². The number of benzene rings is 1. The topological polar surface area (TPSA) is 58.6 Å². The summed E-state index contributed by atoms with van der Waals surface area (Å²) in [6.45, 7) is 3.69. The summed E-state index contributed by atoms with van der Waals surface area (Å²) in [6, 6.07) is 7.28. The van der Waals surface area contributed by atoms with Gasteiger partial charge in [-0.05, 0) is 18.6 Å². The van der Waals surface area contributed by atoms with Crippen LogP contribution in [-0.4, -0.2) is 43.3 Å². The molecule has 0 bridgehead atoms. The van der Waals surface area contributed by atoms with Crippen molar-refractivity contribution in [2.24, 2.45) is 5.92 Å². The average Bonchev–Trinajstić information content (AvgIpc) is 2.49. The fourth-order valence-corrected chi connectivity index (χ4v) is 2.58. The van der Waals surface area contributed by atoms with E-state index in [9.17, 15) is 9.59 Å². The maximum absolute atomic E-state index is 12.1. The number of nitrogens with one attached hydrogen (secondary N) is 1. The van der Waals surface area contributed by atoms with Gasteiger partial charge in [-0.1, -0.05) is 13.0 Å². The molecule has 1 saturated heterocycles. The fourth-order valence-electron chi connectivity index (χ4n) is 2.58. The number of anilines is 1. The van der Waals surface area contributed by atoms with Gasteiger partial charge in [-0.25, -0.2) is 0 Å². The molecule has 0 radical (unpaired) electrons. The van der Waals surface area contributed by atoms with Crippen LogP contribution in [0, 0.1) is 5.92 Å². The number of hydrogen-bond donors (Lipinski definition) is 1. The summed E-state index contributed by atoms with van der Waals surface area (Å²) in [7, 11) is 1.59. The number of ketones is 1. The quantitative estimate of drug-likeness (QED) is 0.900. The summed E-state index contributed by atoms with van der Waals surface area (Å²) in [5.41, 5.74) is 0.722. The number of likely N-dealkylation sites (tertiary alicyclic amines) is 1. The molecular formula is C16H22N2O3. The number of carbonyl (C=O) groups is 2. The standard InChI is InChI=1S/C16H22N2O3/c1-3-12-10-18(8-7-15(12)19)11-16(20)17-13-5-4-6-14(9-13)21-2/h4-6,9,12H,3,7-8,10-11H2,1-2H3,(H,17,20). The molecule has 1 atom stereocenters. The predicted molar refractivity (Wildman–Crippen MR) is 81.5 cm³/mol. The predicted octanol–water partition coefficient (Wildman–Crippen LogP) is 1.93. The van der Waals surface area contributed by atoms with Crippen LogP contribution >= 0.6 is 0 Å². The van der Waals surface area contributed by atoms with Crippen LogP contribution < -0.4 is 10.1 Å². The van der Waals surface area contributed by atoms with Gasteiger partial charge in [-0.2, -0.15) is 0 Å². The van der Waals surface area contributed by atoms with Crippen molar-refractivity contribution in [3.05, 3.63) is 24.3 Å². The molecule has 1 aromatic carbocycles. The first-order chi connectivity index (χ1) is 10.1. The van der Waals surface area contributed by atoms with Crippen LogP contribution in [0.25, 0.3) is 0 Å². The Morgan fingerprint density at radius 3 is 3.00 bits per heavy atom. The Bertz CT molecular complexity index is 516. The molecule has 1 heterocycles. The molecule has 5 heteroatoms. The zero-order chi connectivity index (χ0) is 15.2. The zero-order valence-electron chi connectivity index (χ0n) is 12.6. The lowest BCUT2D eigenvalue weighted by atomic mass is 9.94. The second-order valence-electron chi connectivity index (χ2n) is 5.34. The number of amides is 1. The van der Waals surface area contributed by atoms with Crippen molar-refractivity contribution in [3.8, 4) is 5.75 Å². The summed E-state index contributed by atoms with van der Waals surface area (Å²) >= 11 is 0. The van der Waals surface area contributed by atoms with Crippen LogP contribution in [0.5, 0.6) is 5.75 Å². The van der Waals surface area contributed by atoms with E-state index >= 15 is 0 Å². The van der Waals surface area contributed by atoms with Crippen LogP contribution in [0.3, 0.4) is 0 Å². The number of nitrogens with zero attached hydrogens (tertiary/aromatic N) is 1. The Kier molecular flexibility index (Phi) is 5.33. The first kappa shape index (κ1) is 15.5. The minimum absolute atomic E-state index is 0.0625. The van der Waals surface area contributed by atoms with Crippen molar-refractivity contribution in [2.75, 3.05) is 32.1 Å². The lowest BCUT2D eigenvalue weighted by Crippen LogP contribution is -2.44. The van der Waals surface area contributed by atoms with Crippen LogP contribution in [0.2, 0.25) is 0 Å². The van der Waals surface area contributed by atoms with E-state index < -0.39 is 0 Å². The highest BCUT2D eigenvalue weighted by molar-refractivity contribution is 5.92. The Balaban J connectivity index is 1.88. The van der Waals surface area contributed by atoms with Gasteiger partial charge < -0.3 is 10.1 Å². The van der Waals surface area contributed by atoms with Crippen LogP contribution in [0.4, 0.5) is 5.69 Å². The van der Waals surface area contributed by atoms with Crippen LogP contribution in [0.15, 0.2) is 24.3 Å². The first-order valence-corrected chi connectivity index (χ1v) is 7.31. The SMILES string of the molecule is CCC1CN(CC(=O)Nc2cccc(OC)c2)CCC1=O. The minimum Gasteiger partial charge on any atom is -0.497 e. The summed E-state index contributed by atoms with van der Waals surface area (Å²) in [5, 5.41) is 2.86. The third kappa shape index (κ3) is 4.29. The van der Waals surface area contributed by atoms with Crippen molar-refractivity contribution >= 4 is 17.4 Å². The highest BCUT2D eigenvalue weighted by atomic mass is 16.5. The Morgan fingerprint density at radius 2 is 2.29 bits per heavy atom. The van der Waals surface area contributed by atoms with E-state index in [1.54, 1.807) is 13.2 Å². The maximum atomic E-state index is 12.1. The third-order valence-electron chi connectivity index (χ3n) is 3.82. The number of carbonyl (C=O) groups excluding carboxylic acids is 2. The van der Waals surface area contributed by atoms with Crippen molar-refractivity contribution in [2.45, 2.75) is 19.8 Å². The van der Waals surface area contributed by atoms with Gasteiger partial charge in [0.15, 0.2) is 0 Å². The fraction of sp³-hybridized carbons (Fsp3) is 0.500. The van der Waals surface area contributed by atoms with E-state index in [-0.39, 0.29) is 11.8 Å². The number of ether oxygens (including phenoxy) is 1. The molecule has 1 N–H and O–H groups in total. The largest absolute Gasteiger partial charge is 0.497 e. The molecule has 1 aromatic rings. The molecule has 21 heavy (non-hydrogen) atoms. The molecule has 5 nitrogen and oxygen atoms in total. The lowest BCUT2D eigenvalue weighted by Gasteiger charge is -2.30. The van der Waals surface area contributed by atoms with Gasteiger partial charge in [0.05, 0.1) is 13.7 Å². The second kappa shape index (κ2) is 7.22. The van der Waals surface area contributed by atoms with Crippen molar-refractivity contribution in [1.82, 2.24) is 4.90 Å².